The Morgan fingerprint density at radius 2 is 1.93 bits per heavy atom. The van der Waals surface area contributed by atoms with Crippen molar-refractivity contribution in [1.29, 1.82) is 0 Å². The van der Waals surface area contributed by atoms with E-state index in [9.17, 15) is 4.39 Å². The molecule has 1 rings (SSSR count). The van der Waals surface area contributed by atoms with Gasteiger partial charge >= 0.3 is 0 Å². The van der Waals surface area contributed by atoms with E-state index in [-0.39, 0.29) is 17.3 Å². The van der Waals surface area contributed by atoms with E-state index >= 15 is 0 Å². The van der Waals surface area contributed by atoms with E-state index in [1.165, 1.54) is 12.1 Å². The van der Waals surface area contributed by atoms with Crippen LogP contribution in [0, 0.1) is 5.82 Å². The van der Waals surface area contributed by atoms with Gasteiger partial charge in [-0.25, -0.2) is 4.39 Å². The number of halogens is 1. The van der Waals surface area contributed by atoms with Crippen molar-refractivity contribution in [1.82, 2.24) is 5.43 Å². The highest BCUT2D eigenvalue weighted by atomic mass is 19.1. The van der Waals surface area contributed by atoms with E-state index in [1.54, 1.807) is 18.2 Å². The standard InChI is InChI=1S/C12H17FN2/c1-4-11(15-14)12(2,3)9-5-7-10(13)8-6-9/h4-8,11,15H,1,14H2,2-3H3. The van der Waals surface area contributed by atoms with Gasteiger partial charge in [-0.2, -0.15) is 0 Å². The molecule has 1 aromatic rings. The first kappa shape index (κ1) is 11.9. The van der Waals surface area contributed by atoms with Crippen LogP contribution in [0.15, 0.2) is 36.9 Å². The molecule has 0 aromatic heterocycles. The van der Waals surface area contributed by atoms with Crippen LogP contribution in [0.3, 0.4) is 0 Å². The summed E-state index contributed by atoms with van der Waals surface area (Å²) in [6.07, 6.45) is 1.75. The highest BCUT2D eigenvalue weighted by Gasteiger charge is 2.28. The Labute approximate surface area is 90.0 Å². The van der Waals surface area contributed by atoms with Crippen LogP contribution in [-0.2, 0) is 5.41 Å². The average Bonchev–Trinajstić information content (AvgIpc) is 2.19. The molecule has 1 unspecified atom stereocenters. The molecule has 0 aliphatic rings. The van der Waals surface area contributed by atoms with Crippen molar-refractivity contribution in [3.63, 3.8) is 0 Å². The zero-order chi connectivity index (χ0) is 11.5. The maximum Gasteiger partial charge on any atom is 0.123 e. The van der Waals surface area contributed by atoms with Crippen molar-refractivity contribution < 1.29 is 4.39 Å². The van der Waals surface area contributed by atoms with E-state index in [0.29, 0.717) is 0 Å². The van der Waals surface area contributed by atoms with Crippen molar-refractivity contribution in [3.05, 3.63) is 48.3 Å². The second-order valence-electron chi connectivity index (χ2n) is 4.11. The second-order valence-corrected chi connectivity index (χ2v) is 4.11. The molecule has 1 atom stereocenters. The fourth-order valence-electron chi connectivity index (χ4n) is 1.63. The Balaban J connectivity index is 3.03. The van der Waals surface area contributed by atoms with Gasteiger partial charge in [-0.1, -0.05) is 32.1 Å². The lowest BCUT2D eigenvalue weighted by molar-refractivity contribution is 0.400. The summed E-state index contributed by atoms with van der Waals surface area (Å²) in [5.74, 6) is 5.21. The van der Waals surface area contributed by atoms with Crippen LogP contribution in [-0.4, -0.2) is 6.04 Å². The van der Waals surface area contributed by atoms with Gasteiger partial charge in [0.15, 0.2) is 0 Å². The molecule has 3 N–H and O–H groups in total. The number of benzene rings is 1. The number of nitrogens with one attached hydrogen (secondary N) is 1. The molecule has 0 aliphatic carbocycles. The third-order valence-electron chi connectivity index (χ3n) is 2.78. The van der Waals surface area contributed by atoms with Crippen molar-refractivity contribution in [3.8, 4) is 0 Å². The van der Waals surface area contributed by atoms with Gasteiger partial charge in [0.1, 0.15) is 5.82 Å². The lowest BCUT2D eigenvalue weighted by Gasteiger charge is -2.32. The average molecular weight is 208 g/mol. The monoisotopic (exact) mass is 208 g/mol. The van der Waals surface area contributed by atoms with Gasteiger partial charge in [0.25, 0.3) is 0 Å². The molecule has 0 spiro atoms. The van der Waals surface area contributed by atoms with E-state index in [2.05, 4.69) is 12.0 Å². The van der Waals surface area contributed by atoms with Gasteiger partial charge in [-0.15, -0.1) is 6.58 Å². The molecule has 2 nitrogen and oxygen atoms in total. The summed E-state index contributed by atoms with van der Waals surface area (Å²) >= 11 is 0. The molecule has 0 heterocycles. The summed E-state index contributed by atoms with van der Waals surface area (Å²) in [6.45, 7) is 7.79. The summed E-state index contributed by atoms with van der Waals surface area (Å²) in [5, 5.41) is 0. The first-order valence-corrected chi connectivity index (χ1v) is 4.87. The normalized spacial score (nSPS) is 13.6. The van der Waals surface area contributed by atoms with E-state index < -0.39 is 0 Å². The fourth-order valence-corrected chi connectivity index (χ4v) is 1.63. The third kappa shape index (κ3) is 2.43. The van der Waals surface area contributed by atoms with Gasteiger partial charge < -0.3 is 0 Å². The van der Waals surface area contributed by atoms with Crippen LogP contribution in [0.25, 0.3) is 0 Å². The molecule has 3 heteroatoms. The number of hydrogen-bond acceptors (Lipinski definition) is 2. The molecule has 0 radical (unpaired) electrons. The Kier molecular flexibility index (Phi) is 3.61. The van der Waals surface area contributed by atoms with Crippen molar-refractivity contribution >= 4 is 0 Å². The fraction of sp³-hybridized carbons (Fsp3) is 0.333. The molecule has 82 valence electrons. The summed E-state index contributed by atoms with van der Waals surface area (Å²) < 4.78 is 12.8. The SMILES string of the molecule is C=CC(NN)C(C)(C)c1ccc(F)cc1. The minimum absolute atomic E-state index is 0.0528. The predicted molar refractivity (Wildman–Crippen MR) is 60.7 cm³/mol. The van der Waals surface area contributed by atoms with Gasteiger partial charge in [-0.05, 0) is 17.7 Å². The second kappa shape index (κ2) is 4.55. The van der Waals surface area contributed by atoms with Gasteiger partial charge in [-0.3, -0.25) is 11.3 Å². The maximum absolute atomic E-state index is 12.8. The molecule has 0 saturated carbocycles. The summed E-state index contributed by atoms with van der Waals surface area (Å²) in [7, 11) is 0. The third-order valence-corrected chi connectivity index (χ3v) is 2.78. The minimum Gasteiger partial charge on any atom is -0.271 e. The summed E-state index contributed by atoms with van der Waals surface area (Å²) in [5.41, 5.74) is 3.50. The quantitative estimate of drug-likeness (QED) is 0.452. The Hall–Kier alpha value is -1.19. The van der Waals surface area contributed by atoms with E-state index in [1.807, 2.05) is 13.8 Å². The first-order chi connectivity index (χ1) is 7.02. The van der Waals surface area contributed by atoms with Crippen LogP contribution < -0.4 is 11.3 Å². The molecular weight excluding hydrogens is 191 g/mol. The van der Waals surface area contributed by atoms with Gasteiger partial charge in [0.05, 0.1) is 0 Å². The summed E-state index contributed by atoms with van der Waals surface area (Å²) in [4.78, 5) is 0. The molecule has 0 fully saturated rings. The largest absolute Gasteiger partial charge is 0.271 e. The lowest BCUT2D eigenvalue weighted by Crippen LogP contribution is -2.46. The Morgan fingerprint density at radius 1 is 1.40 bits per heavy atom. The van der Waals surface area contributed by atoms with Crippen LogP contribution >= 0.6 is 0 Å². The van der Waals surface area contributed by atoms with Crippen LogP contribution in [0.5, 0.6) is 0 Å². The number of rotatable bonds is 4. The molecule has 0 bridgehead atoms. The Bertz CT molecular complexity index is 330. The Morgan fingerprint density at radius 3 is 2.33 bits per heavy atom. The molecule has 1 aromatic carbocycles. The minimum atomic E-state index is -0.231. The highest BCUT2D eigenvalue weighted by molar-refractivity contribution is 5.28. The van der Waals surface area contributed by atoms with E-state index in [0.717, 1.165) is 5.56 Å². The first-order valence-electron chi connectivity index (χ1n) is 4.87. The van der Waals surface area contributed by atoms with Crippen molar-refractivity contribution in [2.45, 2.75) is 25.3 Å². The topological polar surface area (TPSA) is 38.0 Å². The molecule has 0 aliphatic heterocycles. The zero-order valence-corrected chi connectivity index (χ0v) is 9.13. The highest BCUT2D eigenvalue weighted by Crippen LogP contribution is 2.27. The van der Waals surface area contributed by atoms with Crippen LogP contribution in [0.4, 0.5) is 4.39 Å². The smallest absolute Gasteiger partial charge is 0.123 e. The van der Waals surface area contributed by atoms with Crippen molar-refractivity contribution in [2.75, 3.05) is 0 Å². The van der Waals surface area contributed by atoms with Crippen LogP contribution in [0.1, 0.15) is 19.4 Å². The number of nitrogens with two attached hydrogens (primary N) is 1. The lowest BCUT2D eigenvalue weighted by atomic mass is 9.78. The molecular formula is C12H17FN2. The summed E-state index contributed by atoms with van der Waals surface area (Å²) in [6, 6.07) is 6.39. The van der Waals surface area contributed by atoms with Gasteiger partial charge in [0, 0.05) is 11.5 Å². The molecule has 0 amide bonds. The van der Waals surface area contributed by atoms with Crippen molar-refractivity contribution in [2.24, 2.45) is 5.84 Å². The van der Waals surface area contributed by atoms with Gasteiger partial charge in [0.2, 0.25) is 0 Å². The zero-order valence-electron chi connectivity index (χ0n) is 9.13. The maximum atomic E-state index is 12.8. The van der Waals surface area contributed by atoms with E-state index in [4.69, 9.17) is 5.84 Å². The number of hydrazine groups is 1. The number of hydrogen-bond donors (Lipinski definition) is 2. The van der Waals surface area contributed by atoms with Crippen LogP contribution in [0.2, 0.25) is 0 Å². The molecule has 0 saturated heterocycles. The predicted octanol–water partition coefficient (Wildman–Crippen LogP) is 2.12. The molecule has 15 heavy (non-hydrogen) atoms.